The lowest BCUT2D eigenvalue weighted by Gasteiger charge is -2.67. The number of carboxylic acid groups (broad SMARTS) is 1. The van der Waals surface area contributed by atoms with Gasteiger partial charge in [-0.15, -0.1) is 0 Å². The van der Waals surface area contributed by atoms with Gasteiger partial charge < -0.3 is 10.8 Å². The molecule has 0 radical (unpaired) electrons. The minimum absolute atomic E-state index is 0.196. The van der Waals surface area contributed by atoms with Gasteiger partial charge in [-0.1, -0.05) is 37.3 Å². The van der Waals surface area contributed by atoms with Gasteiger partial charge in [0.1, 0.15) is 0 Å². The molecule has 4 nitrogen and oxygen atoms in total. The lowest BCUT2D eigenvalue weighted by atomic mass is 9.35. The SMILES string of the molecule is CC1C2(C(N)=O)CC3CC(c4ccccc4)(C2)CC1(C(=O)O)C3. The highest BCUT2D eigenvalue weighted by molar-refractivity contribution is 5.85. The minimum Gasteiger partial charge on any atom is -0.481 e. The minimum atomic E-state index is -0.815. The summed E-state index contributed by atoms with van der Waals surface area (Å²) in [5, 5.41) is 10.1. The van der Waals surface area contributed by atoms with Crippen LogP contribution in [0.2, 0.25) is 0 Å². The topological polar surface area (TPSA) is 80.4 Å². The molecule has 0 heterocycles. The average molecular weight is 313 g/mol. The van der Waals surface area contributed by atoms with Gasteiger partial charge in [-0.25, -0.2) is 0 Å². The van der Waals surface area contributed by atoms with Crippen LogP contribution in [0, 0.1) is 22.7 Å². The number of benzene rings is 1. The first-order valence-electron chi connectivity index (χ1n) is 8.44. The van der Waals surface area contributed by atoms with E-state index in [1.165, 1.54) is 5.56 Å². The second kappa shape index (κ2) is 4.37. The molecule has 0 spiro atoms. The summed E-state index contributed by atoms with van der Waals surface area (Å²) in [5.74, 6) is -0.976. The van der Waals surface area contributed by atoms with Crippen LogP contribution in [0.15, 0.2) is 30.3 Å². The van der Waals surface area contributed by atoms with Crippen LogP contribution < -0.4 is 5.73 Å². The molecule has 3 N–H and O–H groups in total. The van der Waals surface area contributed by atoms with E-state index in [0.29, 0.717) is 19.3 Å². The lowest BCUT2D eigenvalue weighted by molar-refractivity contribution is -0.201. The summed E-state index contributed by atoms with van der Waals surface area (Å²) in [6.07, 6.45) is 3.76. The molecule has 4 fully saturated rings. The number of rotatable bonds is 3. The van der Waals surface area contributed by atoms with Crippen molar-refractivity contribution in [1.82, 2.24) is 0 Å². The van der Waals surface area contributed by atoms with Crippen molar-refractivity contribution in [3.63, 3.8) is 0 Å². The van der Waals surface area contributed by atoms with Crippen molar-refractivity contribution in [2.45, 2.75) is 44.4 Å². The second-order valence-electron chi connectivity index (χ2n) is 8.18. The molecular formula is C19H23NO3. The molecule has 4 aliphatic carbocycles. The van der Waals surface area contributed by atoms with E-state index in [2.05, 4.69) is 12.1 Å². The molecule has 5 rings (SSSR count). The van der Waals surface area contributed by atoms with Crippen LogP contribution in [0.4, 0.5) is 0 Å². The molecule has 4 saturated carbocycles. The van der Waals surface area contributed by atoms with Crippen LogP contribution >= 0.6 is 0 Å². The lowest BCUT2D eigenvalue weighted by Crippen LogP contribution is -2.68. The summed E-state index contributed by atoms with van der Waals surface area (Å²) in [7, 11) is 0. The Kier molecular flexibility index (Phi) is 2.80. The van der Waals surface area contributed by atoms with Crippen molar-refractivity contribution in [3.8, 4) is 0 Å². The van der Waals surface area contributed by atoms with Crippen molar-refractivity contribution >= 4 is 11.9 Å². The number of hydrogen-bond acceptors (Lipinski definition) is 2. The van der Waals surface area contributed by atoms with Gasteiger partial charge in [0.25, 0.3) is 0 Å². The predicted octanol–water partition coefficient (Wildman–Crippen LogP) is 2.71. The Morgan fingerprint density at radius 2 is 1.70 bits per heavy atom. The quantitative estimate of drug-likeness (QED) is 0.900. The molecule has 0 aliphatic heterocycles. The van der Waals surface area contributed by atoms with Gasteiger partial charge in [0, 0.05) is 0 Å². The van der Waals surface area contributed by atoms with E-state index in [-0.39, 0.29) is 23.2 Å². The van der Waals surface area contributed by atoms with Gasteiger partial charge >= 0.3 is 5.97 Å². The number of carboxylic acids is 1. The summed E-state index contributed by atoms with van der Waals surface area (Å²) >= 11 is 0. The van der Waals surface area contributed by atoms with E-state index in [9.17, 15) is 14.7 Å². The molecule has 0 saturated heterocycles. The van der Waals surface area contributed by atoms with E-state index in [0.717, 1.165) is 12.8 Å². The number of hydrogen-bond donors (Lipinski definition) is 2. The molecule has 5 unspecified atom stereocenters. The Morgan fingerprint density at radius 1 is 1.09 bits per heavy atom. The second-order valence-corrected chi connectivity index (χ2v) is 8.18. The predicted molar refractivity (Wildman–Crippen MR) is 85.6 cm³/mol. The summed E-state index contributed by atoms with van der Waals surface area (Å²) in [4.78, 5) is 24.7. The number of amides is 1. The molecule has 122 valence electrons. The molecule has 4 aliphatic rings. The summed E-state index contributed by atoms with van der Waals surface area (Å²) < 4.78 is 0. The molecule has 0 aromatic heterocycles. The van der Waals surface area contributed by atoms with Crippen molar-refractivity contribution in [2.75, 3.05) is 0 Å². The summed E-state index contributed by atoms with van der Waals surface area (Å²) in [6.45, 7) is 1.94. The highest BCUT2D eigenvalue weighted by atomic mass is 16.4. The van der Waals surface area contributed by atoms with Crippen LogP contribution in [0.1, 0.15) is 44.6 Å². The zero-order valence-electron chi connectivity index (χ0n) is 13.4. The van der Waals surface area contributed by atoms with Crippen LogP contribution in [-0.2, 0) is 15.0 Å². The highest BCUT2D eigenvalue weighted by Gasteiger charge is 2.71. The maximum absolute atomic E-state index is 12.4. The van der Waals surface area contributed by atoms with Crippen LogP contribution in [0.25, 0.3) is 0 Å². The van der Waals surface area contributed by atoms with Crippen molar-refractivity contribution in [2.24, 2.45) is 28.4 Å². The monoisotopic (exact) mass is 313 g/mol. The molecular weight excluding hydrogens is 290 g/mol. The fraction of sp³-hybridized carbons (Fsp3) is 0.579. The molecule has 5 atom stereocenters. The van der Waals surface area contributed by atoms with E-state index in [1.54, 1.807) is 0 Å². The number of aliphatic carboxylic acids is 1. The number of carbonyl (C=O) groups excluding carboxylic acids is 1. The Morgan fingerprint density at radius 3 is 2.30 bits per heavy atom. The van der Waals surface area contributed by atoms with Gasteiger partial charge in [0.15, 0.2) is 0 Å². The number of nitrogens with two attached hydrogens (primary N) is 1. The molecule has 1 aromatic rings. The average Bonchev–Trinajstić information content (AvgIpc) is 2.52. The summed E-state index contributed by atoms with van der Waals surface area (Å²) in [5.41, 5.74) is 5.31. The van der Waals surface area contributed by atoms with Gasteiger partial charge in [-0.05, 0) is 54.9 Å². The van der Waals surface area contributed by atoms with Crippen LogP contribution in [0.3, 0.4) is 0 Å². The Hall–Kier alpha value is -1.84. The van der Waals surface area contributed by atoms with E-state index < -0.39 is 16.8 Å². The first-order valence-corrected chi connectivity index (χ1v) is 8.44. The third-order valence-electron chi connectivity index (χ3n) is 7.25. The summed E-state index contributed by atoms with van der Waals surface area (Å²) in [6, 6.07) is 10.1. The van der Waals surface area contributed by atoms with E-state index in [4.69, 9.17) is 5.73 Å². The standard InChI is InChI=1S/C19H23NO3/c1-12-18(15(20)21)8-13-7-17(10-18,14-5-3-2-4-6-14)11-19(12,9-13)16(22)23/h2-6,12-13H,7-11H2,1H3,(H2,20,21)(H,22,23). The van der Waals surface area contributed by atoms with Gasteiger partial charge in [-0.3, -0.25) is 9.59 Å². The van der Waals surface area contributed by atoms with Crippen LogP contribution in [0.5, 0.6) is 0 Å². The van der Waals surface area contributed by atoms with Gasteiger partial charge in [0.2, 0.25) is 5.91 Å². The Balaban J connectivity index is 1.92. The normalized spacial score (nSPS) is 44.2. The smallest absolute Gasteiger partial charge is 0.309 e. The van der Waals surface area contributed by atoms with Crippen molar-refractivity contribution < 1.29 is 14.7 Å². The zero-order valence-corrected chi connectivity index (χ0v) is 13.4. The van der Waals surface area contributed by atoms with Crippen molar-refractivity contribution in [3.05, 3.63) is 35.9 Å². The fourth-order valence-electron chi connectivity index (χ4n) is 6.41. The maximum Gasteiger partial charge on any atom is 0.309 e. The fourth-order valence-corrected chi connectivity index (χ4v) is 6.41. The number of primary amides is 1. The largest absolute Gasteiger partial charge is 0.481 e. The Labute approximate surface area is 136 Å². The van der Waals surface area contributed by atoms with Crippen LogP contribution in [-0.4, -0.2) is 17.0 Å². The third kappa shape index (κ3) is 1.67. The number of carbonyl (C=O) groups is 2. The Bertz CT molecular complexity index is 651. The maximum atomic E-state index is 12.4. The molecule has 4 heteroatoms. The molecule has 1 aromatic carbocycles. The molecule has 23 heavy (non-hydrogen) atoms. The van der Waals surface area contributed by atoms with Crippen molar-refractivity contribution in [1.29, 1.82) is 0 Å². The molecule has 1 amide bonds. The van der Waals surface area contributed by atoms with E-state index in [1.807, 2.05) is 25.1 Å². The highest BCUT2D eigenvalue weighted by Crippen LogP contribution is 2.72. The zero-order chi connectivity index (χ0) is 16.5. The van der Waals surface area contributed by atoms with E-state index >= 15 is 0 Å². The first kappa shape index (κ1) is 14.7. The molecule has 4 bridgehead atoms. The third-order valence-corrected chi connectivity index (χ3v) is 7.25. The van der Waals surface area contributed by atoms with Gasteiger partial charge in [0.05, 0.1) is 10.8 Å². The van der Waals surface area contributed by atoms with Gasteiger partial charge in [-0.2, -0.15) is 0 Å². The first-order chi connectivity index (χ1) is 10.8.